The van der Waals surface area contributed by atoms with Crippen molar-refractivity contribution in [1.29, 1.82) is 0 Å². The van der Waals surface area contributed by atoms with Crippen molar-refractivity contribution < 1.29 is 4.52 Å². The molecule has 0 unspecified atom stereocenters. The second kappa shape index (κ2) is 2.62. The first-order chi connectivity index (χ1) is 5.40. The predicted octanol–water partition coefficient (Wildman–Crippen LogP) is 0.666. The number of aromatic nitrogens is 2. The smallest absolute Gasteiger partial charge is 0.240 e. The molecule has 4 heteroatoms. The highest BCUT2D eigenvalue weighted by Crippen LogP contribution is 2.37. The van der Waals surface area contributed by atoms with Crippen LogP contribution < -0.4 is 5.32 Å². The highest BCUT2D eigenvalue weighted by Gasteiger charge is 2.28. The van der Waals surface area contributed by atoms with Gasteiger partial charge in [-0.1, -0.05) is 5.16 Å². The first kappa shape index (κ1) is 6.79. The molecule has 2 rings (SSSR count). The second-order valence-corrected chi connectivity index (χ2v) is 2.85. The van der Waals surface area contributed by atoms with Crippen LogP contribution in [-0.4, -0.2) is 17.2 Å². The maximum Gasteiger partial charge on any atom is 0.240 e. The summed E-state index contributed by atoms with van der Waals surface area (Å²) in [4.78, 5) is 4.22. The van der Waals surface area contributed by atoms with E-state index in [9.17, 15) is 0 Å². The van der Waals surface area contributed by atoms with Crippen molar-refractivity contribution in [3.8, 4) is 0 Å². The summed E-state index contributed by atoms with van der Waals surface area (Å²) in [6.07, 6.45) is 2.44. The van der Waals surface area contributed by atoms with Gasteiger partial charge in [0.25, 0.3) is 0 Å². The molecule has 0 atom stereocenters. The zero-order valence-corrected chi connectivity index (χ0v) is 6.50. The Morgan fingerprint density at radius 1 is 1.64 bits per heavy atom. The molecule has 11 heavy (non-hydrogen) atoms. The van der Waals surface area contributed by atoms with E-state index in [1.54, 1.807) is 0 Å². The molecule has 1 saturated carbocycles. The Kier molecular flexibility index (Phi) is 1.62. The summed E-state index contributed by atoms with van der Waals surface area (Å²) in [5, 5.41) is 6.83. The van der Waals surface area contributed by atoms with Gasteiger partial charge in [0.05, 0.1) is 6.54 Å². The van der Waals surface area contributed by atoms with Gasteiger partial charge in [0, 0.05) is 5.92 Å². The molecular formula is C7H11N3O. The third kappa shape index (κ3) is 1.40. The minimum atomic E-state index is 0.587. The van der Waals surface area contributed by atoms with Crippen LogP contribution in [0.5, 0.6) is 0 Å². The zero-order valence-electron chi connectivity index (χ0n) is 6.50. The fraction of sp³-hybridized carbons (Fsp3) is 0.714. The van der Waals surface area contributed by atoms with E-state index in [2.05, 4.69) is 15.5 Å². The molecule has 1 aromatic heterocycles. The van der Waals surface area contributed by atoms with Crippen LogP contribution in [0.25, 0.3) is 0 Å². The first-order valence-electron chi connectivity index (χ1n) is 3.87. The Hall–Kier alpha value is -0.900. The average molecular weight is 153 g/mol. The van der Waals surface area contributed by atoms with Gasteiger partial charge in [0.2, 0.25) is 5.89 Å². The topological polar surface area (TPSA) is 51.0 Å². The number of hydrogen-bond acceptors (Lipinski definition) is 4. The SMILES string of the molecule is CNCc1nc(C2CC2)no1. The molecule has 0 bridgehead atoms. The van der Waals surface area contributed by atoms with Gasteiger partial charge in [-0.2, -0.15) is 4.98 Å². The fourth-order valence-electron chi connectivity index (χ4n) is 0.998. The Morgan fingerprint density at radius 2 is 2.45 bits per heavy atom. The molecule has 1 aromatic rings. The van der Waals surface area contributed by atoms with Crippen LogP contribution in [0.4, 0.5) is 0 Å². The minimum absolute atomic E-state index is 0.587. The monoisotopic (exact) mass is 153 g/mol. The number of nitrogens with one attached hydrogen (secondary N) is 1. The molecular weight excluding hydrogens is 142 g/mol. The standard InChI is InChI=1S/C7H11N3O/c1-8-4-6-9-7(10-11-6)5-2-3-5/h5,8H,2-4H2,1H3. The van der Waals surface area contributed by atoms with Crippen molar-refractivity contribution in [2.45, 2.75) is 25.3 Å². The normalized spacial score (nSPS) is 17.2. The predicted molar refractivity (Wildman–Crippen MR) is 39.0 cm³/mol. The second-order valence-electron chi connectivity index (χ2n) is 2.85. The van der Waals surface area contributed by atoms with E-state index >= 15 is 0 Å². The van der Waals surface area contributed by atoms with Crippen molar-refractivity contribution in [3.63, 3.8) is 0 Å². The zero-order chi connectivity index (χ0) is 7.68. The third-order valence-electron chi connectivity index (χ3n) is 1.75. The summed E-state index contributed by atoms with van der Waals surface area (Å²) in [5.41, 5.74) is 0. The van der Waals surface area contributed by atoms with E-state index in [4.69, 9.17) is 4.52 Å². The molecule has 0 amide bonds. The number of rotatable bonds is 3. The molecule has 0 aliphatic heterocycles. The molecule has 0 spiro atoms. The summed E-state index contributed by atoms with van der Waals surface area (Å²) >= 11 is 0. The molecule has 0 saturated heterocycles. The number of nitrogens with zero attached hydrogens (tertiary/aromatic N) is 2. The molecule has 1 fully saturated rings. The average Bonchev–Trinajstić information content (AvgIpc) is 2.75. The van der Waals surface area contributed by atoms with Crippen molar-refractivity contribution >= 4 is 0 Å². The molecule has 0 radical (unpaired) electrons. The summed E-state index contributed by atoms with van der Waals surface area (Å²) in [5.74, 6) is 2.16. The maximum atomic E-state index is 4.98. The van der Waals surface area contributed by atoms with Crippen LogP contribution in [0, 0.1) is 0 Å². The van der Waals surface area contributed by atoms with E-state index in [1.807, 2.05) is 7.05 Å². The van der Waals surface area contributed by atoms with Gasteiger partial charge < -0.3 is 9.84 Å². The van der Waals surface area contributed by atoms with Crippen LogP contribution in [0.3, 0.4) is 0 Å². The molecule has 1 heterocycles. The van der Waals surface area contributed by atoms with Crippen molar-refractivity contribution in [1.82, 2.24) is 15.5 Å². The van der Waals surface area contributed by atoms with Gasteiger partial charge in [-0.05, 0) is 19.9 Å². The Morgan fingerprint density at radius 3 is 3.09 bits per heavy atom. The number of hydrogen-bond donors (Lipinski definition) is 1. The van der Waals surface area contributed by atoms with Crippen LogP contribution >= 0.6 is 0 Å². The van der Waals surface area contributed by atoms with Gasteiger partial charge in [0.15, 0.2) is 5.82 Å². The van der Waals surface area contributed by atoms with Gasteiger partial charge in [-0.15, -0.1) is 0 Å². The van der Waals surface area contributed by atoms with Crippen molar-refractivity contribution in [3.05, 3.63) is 11.7 Å². The largest absolute Gasteiger partial charge is 0.338 e. The van der Waals surface area contributed by atoms with E-state index in [0.717, 1.165) is 5.82 Å². The molecule has 0 aromatic carbocycles. The Labute approximate surface area is 65.0 Å². The van der Waals surface area contributed by atoms with Crippen LogP contribution in [-0.2, 0) is 6.54 Å². The van der Waals surface area contributed by atoms with Crippen LogP contribution in [0.15, 0.2) is 4.52 Å². The van der Waals surface area contributed by atoms with E-state index in [0.29, 0.717) is 18.4 Å². The molecule has 1 N–H and O–H groups in total. The van der Waals surface area contributed by atoms with Crippen molar-refractivity contribution in [2.24, 2.45) is 0 Å². The highest BCUT2D eigenvalue weighted by atomic mass is 16.5. The molecule has 1 aliphatic rings. The van der Waals surface area contributed by atoms with E-state index in [-0.39, 0.29) is 0 Å². The Balaban J connectivity index is 2.06. The summed E-state index contributed by atoms with van der Waals surface area (Å²) in [7, 11) is 1.86. The summed E-state index contributed by atoms with van der Waals surface area (Å²) < 4.78 is 4.98. The van der Waals surface area contributed by atoms with Gasteiger partial charge in [0.1, 0.15) is 0 Å². The molecule has 1 aliphatic carbocycles. The fourth-order valence-corrected chi connectivity index (χ4v) is 0.998. The van der Waals surface area contributed by atoms with Crippen molar-refractivity contribution in [2.75, 3.05) is 7.05 Å². The van der Waals surface area contributed by atoms with Crippen LogP contribution in [0.2, 0.25) is 0 Å². The first-order valence-corrected chi connectivity index (χ1v) is 3.87. The maximum absolute atomic E-state index is 4.98. The lowest BCUT2D eigenvalue weighted by atomic mass is 10.4. The minimum Gasteiger partial charge on any atom is -0.338 e. The quantitative estimate of drug-likeness (QED) is 0.693. The Bertz CT molecular complexity index is 242. The van der Waals surface area contributed by atoms with E-state index in [1.165, 1.54) is 12.8 Å². The molecule has 60 valence electrons. The lowest BCUT2D eigenvalue weighted by Crippen LogP contribution is -2.05. The summed E-state index contributed by atoms with van der Waals surface area (Å²) in [6, 6.07) is 0. The van der Waals surface area contributed by atoms with Gasteiger partial charge in [-0.25, -0.2) is 0 Å². The lowest BCUT2D eigenvalue weighted by molar-refractivity contribution is 0.367. The lowest BCUT2D eigenvalue weighted by Gasteiger charge is -1.86. The van der Waals surface area contributed by atoms with Crippen LogP contribution in [0.1, 0.15) is 30.5 Å². The highest BCUT2D eigenvalue weighted by molar-refractivity contribution is 5.03. The third-order valence-corrected chi connectivity index (χ3v) is 1.75. The summed E-state index contributed by atoms with van der Waals surface area (Å²) in [6.45, 7) is 0.666. The van der Waals surface area contributed by atoms with Gasteiger partial charge in [-0.3, -0.25) is 0 Å². The van der Waals surface area contributed by atoms with E-state index < -0.39 is 0 Å². The molecule has 4 nitrogen and oxygen atoms in total. The van der Waals surface area contributed by atoms with Gasteiger partial charge >= 0.3 is 0 Å².